The Kier molecular flexibility index (Phi) is 4.45. The van der Waals surface area contributed by atoms with Crippen LogP contribution in [-0.2, 0) is 0 Å². The van der Waals surface area contributed by atoms with Crippen molar-refractivity contribution in [1.82, 2.24) is 4.98 Å². The summed E-state index contributed by atoms with van der Waals surface area (Å²) in [6, 6.07) is 12.2. The fraction of sp³-hybridized carbons (Fsp3) is 0.0952. The van der Waals surface area contributed by atoms with Gasteiger partial charge in [0, 0.05) is 14.3 Å². The van der Waals surface area contributed by atoms with Gasteiger partial charge in [-0.05, 0) is 42.8 Å². The quantitative estimate of drug-likeness (QED) is 0.326. The number of carbonyl (C=O) groups is 1. The van der Waals surface area contributed by atoms with Gasteiger partial charge in [-0.1, -0.05) is 44.0 Å². The van der Waals surface area contributed by atoms with Gasteiger partial charge in [-0.2, -0.15) is 0 Å². The van der Waals surface area contributed by atoms with Crippen LogP contribution >= 0.6 is 43.2 Å². The Labute approximate surface area is 186 Å². The lowest BCUT2D eigenvalue weighted by atomic mass is 9.99. The molecular formula is C21H12Br2N2O3S. The lowest BCUT2D eigenvalue weighted by molar-refractivity contribution is 0.0971. The Bertz CT molecular complexity index is 1340. The predicted molar refractivity (Wildman–Crippen MR) is 120 cm³/mol. The Morgan fingerprint density at radius 1 is 1.07 bits per heavy atom. The number of aromatic nitrogens is 1. The van der Waals surface area contributed by atoms with E-state index in [1.165, 1.54) is 11.3 Å². The smallest absolute Gasteiger partial charge is 0.297 e. The molecule has 5 rings (SSSR count). The highest BCUT2D eigenvalue weighted by Crippen LogP contribution is 2.42. The Balaban J connectivity index is 1.83. The Hall–Kier alpha value is -2.29. The zero-order chi connectivity index (χ0) is 20.3. The third-order valence-electron chi connectivity index (χ3n) is 4.83. The second-order valence-corrected chi connectivity index (χ2v) is 9.38. The molecule has 2 aromatic carbocycles. The maximum Gasteiger partial charge on any atom is 0.297 e. The third-order valence-corrected chi connectivity index (χ3v) is 6.81. The summed E-state index contributed by atoms with van der Waals surface area (Å²) in [6.07, 6.45) is 0. The first-order valence-corrected chi connectivity index (χ1v) is 11.2. The summed E-state index contributed by atoms with van der Waals surface area (Å²) in [4.78, 5) is 32.9. The summed E-state index contributed by atoms with van der Waals surface area (Å²) in [5.41, 5.74) is 2.15. The van der Waals surface area contributed by atoms with Crippen LogP contribution in [0, 0.1) is 6.92 Å². The minimum Gasteiger partial charge on any atom is -0.450 e. The van der Waals surface area contributed by atoms with Crippen molar-refractivity contribution in [3.63, 3.8) is 0 Å². The Morgan fingerprint density at radius 2 is 1.79 bits per heavy atom. The molecule has 144 valence electrons. The van der Waals surface area contributed by atoms with Crippen molar-refractivity contribution >= 4 is 65.2 Å². The van der Waals surface area contributed by atoms with E-state index in [4.69, 9.17) is 4.42 Å². The van der Waals surface area contributed by atoms with Gasteiger partial charge in [0.15, 0.2) is 10.6 Å². The molecule has 0 fully saturated rings. The summed E-state index contributed by atoms with van der Waals surface area (Å²) in [7, 11) is 0. The summed E-state index contributed by atoms with van der Waals surface area (Å²) in [5, 5.41) is 2.86. The van der Waals surface area contributed by atoms with Crippen molar-refractivity contribution in [3.05, 3.63) is 89.6 Å². The molecule has 5 nitrogen and oxygen atoms in total. The number of anilines is 1. The third kappa shape index (κ3) is 2.97. The summed E-state index contributed by atoms with van der Waals surface area (Å²) >= 11 is 8.22. The molecule has 0 bridgehead atoms. The second kappa shape index (κ2) is 6.90. The molecule has 0 spiro atoms. The highest BCUT2D eigenvalue weighted by atomic mass is 79.9. The molecule has 0 aliphatic carbocycles. The molecule has 0 saturated carbocycles. The summed E-state index contributed by atoms with van der Waals surface area (Å²) in [5.74, 6) is -0.283. The molecule has 0 N–H and O–H groups in total. The van der Waals surface area contributed by atoms with E-state index < -0.39 is 6.04 Å². The number of thiazole rings is 1. The van der Waals surface area contributed by atoms with E-state index >= 15 is 0 Å². The average molecular weight is 532 g/mol. The number of aryl methyl sites for hydroxylation is 1. The molecule has 0 radical (unpaired) electrons. The molecule has 29 heavy (non-hydrogen) atoms. The number of fused-ring (bicyclic) bond motifs is 2. The van der Waals surface area contributed by atoms with Gasteiger partial charge in [0.25, 0.3) is 5.91 Å². The molecule has 1 aliphatic rings. The first-order chi connectivity index (χ1) is 13.9. The number of rotatable bonds is 2. The largest absolute Gasteiger partial charge is 0.450 e. The van der Waals surface area contributed by atoms with Crippen LogP contribution in [0.15, 0.2) is 66.0 Å². The van der Waals surface area contributed by atoms with Crippen LogP contribution in [0.4, 0.5) is 5.13 Å². The minimum atomic E-state index is -0.601. The molecule has 1 atom stereocenters. The monoisotopic (exact) mass is 530 g/mol. The summed E-state index contributed by atoms with van der Waals surface area (Å²) in [6.45, 7) is 1.87. The van der Waals surface area contributed by atoms with Crippen molar-refractivity contribution in [3.8, 4) is 0 Å². The van der Waals surface area contributed by atoms with Crippen LogP contribution < -0.4 is 10.3 Å². The van der Waals surface area contributed by atoms with Gasteiger partial charge >= 0.3 is 0 Å². The van der Waals surface area contributed by atoms with E-state index in [-0.39, 0.29) is 17.1 Å². The molecule has 1 amide bonds. The van der Waals surface area contributed by atoms with E-state index in [1.54, 1.807) is 23.1 Å². The molecule has 0 unspecified atom stereocenters. The van der Waals surface area contributed by atoms with Crippen LogP contribution in [0.1, 0.15) is 33.4 Å². The van der Waals surface area contributed by atoms with Crippen molar-refractivity contribution in [1.29, 1.82) is 0 Å². The van der Waals surface area contributed by atoms with Gasteiger partial charge in [0.2, 0.25) is 5.76 Å². The number of amides is 1. The van der Waals surface area contributed by atoms with Crippen LogP contribution in [0.5, 0.6) is 0 Å². The van der Waals surface area contributed by atoms with Gasteiger partial charge < -0.3 is 4.42 Å². The van der Waals surface area contributed by atoms with Crippen LogP contribution in [-0.4, -0.2) is 10.9 Å². The SMILES string of the molecule is Cc1csc(N2C(=O)c3oc4ccc(Br)cc4c(=O)c3[C@H]2c2ccc(Br)cc2)n1. The predicted octanol–water partition coefficient (Wildman–Crippen LogP) is 5.83. The molecule has 1 aliphatic heterocycles. The van der Waals surface area contributed by atoms with E-state index in [1.807, 2.05) is 36.6 Å². The molecule has 3 heterocycles. The standard InChI is InChI=1S/C21H12Br2N2O3S/c1-10-9-29-21(24-10)25-17(11-2-4-12(22)5-3-11)16-18(26)14-8-13(23)6-7-15(14)28-19(16)20(25)27/h2-9,17H,1H3/t17-/m1/s1. The molecule has 4 aromatic rings. The normalized spacial score (nSPS) is 15.9. The number of benzene rings is 2. The molecule has 2 aromatic heterocycles. The van der Waals surface area contributed by atoms with Gasteiger partial charge in [-0.15, -0.1) is 11.3 Å². The van der Waals surface area contributed by atoms with E-state index in [0.29, 0.717) is 21.7 Å². The zero-order valence-electron chi connectivity index (χ0n) is 15.0. The van der Waals surface area contributed by atoms with E-state index in [2.05, 4.69) is 36.8 Å². The van der Waals surface area contributed by atoms with Gasteiger partial charge in [-0.25, -0.2) is 4.98 Å². The Morgan fingerprint density at radius 3 is 2.48 bits per heavy atom. The van der Waals surface area contributed by atoms with E-state index in [0.717, 1.165) is 20.2 Å². The molecule has 8 heteroatoms. The molecular weight excluding hydrogens is 520 g/mol. The molecule has 0 saturated heterocycles. The van der Waals surface area contributed by atoms with Crippen molar-refractivity contribution in [2.24, 2.45) is 0 Å². The lowest BCUT2D eigenvalue weighted by Crippen LogP contribution is -2.29. The number of hydrogen-bond acceptors (Lipinski definition) is 5. The van der Waals surface area contributed by atoms with Gasteiger partial charge in [-0.3, -0.25) is 14.5 Å². The number of nitrogens with zero attached hydrogens (tertiary/aromatic N) is 2. The van der Waals surface area contributed by atoms with E-state index in [9.17, 15) is 9.59 Å². The number of carbonyl (C=O) groups excluding carboxylic acids is 1. The van der Waals surface area contributed by atoms with Crippen LogP contribution in [0.3, 0.4) is 0 Å². The minimum absolute atomic E-state index is 0.0746. The van der Waals surface area contributed by atoms with Gasteiger partial charge in [0.1, 0.15) is 5.58 Å². The lowest BCUT2D eigenvalue weighted by Gasteiger charge is -2.22. The first-order valence-electron chi connectivity index (χ1n) is 8.71. The van der Waals surface area contributed by atoms with Crippen LogP contribution in [0.2, 0.25) is 0 Å². The second-order valence-electron chi connectivity index (χ2n) is 6.72. The number of halogens is 2. The fourth-order valence-electron chi connectivity index (χ4n) is 3.56. The van der Waals surface area contributed by atoms with Crippen molar-refractivity contribution < 1.29 is 9.21 Å². The highest BCUT2D eigenvalue weighted by Gasteiger charge is 2.44. The highest BCUT2D eigenvalue weighted by molar-refractivity contribution is 9.10. The number of hydrogen-bond donors (Lipinski definition) is 0. The van der Waals surface area contributed by atoms with Gasteiger partial charge in [0.05, 0.1) is 22.7 Å². The van der Waals surface area contributed by atoms with Crippen LogP contribution in [0.25, 0.3) is 11.0 Å². The fourth-order valence-corrected chi connectivity index (χ4v) is 5.01. The topological polar surface area (TPSA) is 63.4 Å². The maximum absolute atomic E-state index is 13.5. The summed E-state index contributed by atoms with van der Waals surface area (Å²) < 4.78 is 7.63. The van der Waals surface area contributed by atoms with Crippen molar-refractivity contribution in [2.45, 2.75) is 13.0 Å². The average Bonchev–Trinajstić information content (AvgIpc) is 3.25. The maximum atomic E-state index is 13.5. The van der Waals surface area contributed by atoms with Crippen molar-refractivity contribution in [2.75, 3.05) is 4.90 Å². The first kappa shape index (κ1) is 18.7. The zero-order valence-corrected chi connectivity index (χ0v) is 19.0.